The van der Waals surface area contributed by atoms with Crippen LogP contribution in [-0.2, 0) is 0 Å². The van der Waals surface area contributed by atoms with Crippen molar-refractivity contribution in [1.29, 1.82) is 0 Å². The zero-order chi connectivity index (χ0) is 28.3. The number of rotatable bonds is 8. The van der Waals surface area contributed by atoms with Crippen LogP contribution < -0.4 is 19.8 Å². The minimum atomic E-state index is -0.288. The summed E-state index contributed by atoms with van der Waals surface area (Å²) in [5.74, 6) is 4.77. The summed E-state index contributed by atoms with van der Waals surface area (Å²) in [5.41, 5.74) is 3.65. The van der Waals surface area contributed by atoms with Gasteiger partial charge in [-0.25, -0.2) is 4.98 Å². The van der Waals surface area contributed by atoms with Crippen LogP contribution >= 0.6 is 31.9 Å². The predicted octanol–water partition coefficient (Wildman–Crippen LogP) is 6.93. The number of aryl methyl sites for hydroxylation is 1. The largest absolute Gasteiger partial charge is 0.496 e. The molecule has 7 nitrogen and oxygen atoms in total. The lowest BCUT2D eigenvalue weighted by Crippen LogP contribution is -2.21. The molecule has 0 amide bonds. The van der Waals surface area contributed by atoms with Crippen molar-refractivity contribution in [2.24, 2.45) is 5.10 Å². The number of para-hydroxylation sites is 1. The number of nitrogens with zero attached hydrogens (tertiary/aromatic N) is 3. The third-order valence-corrected chi connectivity index (χ3v) is 8.32. The van der Waals surface area contributed by atoms with Crippen molar-refractivity contribution in [2.75, 3.05) is 20.8 Å². The molecule has 3 aromatic carbocycles. The zero-order valence-electron chi connectivity index (χ0n) is 22.2. The first-order valence-corrected chi connectivity index (χ1v) is 13.7. The molecule has 0 bridgehead atoms. The van der Waals surface area contributed by atoms with Crippen LogP contribution in [0.4, 0.5) is 0 Å². The second-order valence-electron chi connectivity index (χ2n) is 9.00. The Balaban J connectivity index is 1.96. The van der Waals surface area contributed by atoms with Gasteiger partial charge in [0.15, 0.2) is 17.3 Å². The summed E-state index contributed by atoms with van der Waals surface area (Å²) in [5, 5.41) is 5.10. The number of halogens is 2. The average Bonchev–Trinajstić information content (AvgIpc) is 2.93. The first kappa shape index (κ1) is 28.4. The van der Waals surface area contributed by atoms with E-state index in [1.807, 2.05) is 37.3 Å². The van der Waals surface area contributed by atoms with Crippen LogP contribution in [0.1, 0.15) is 36.5 Å². The summed E-state index contributed by atoms with van der Waals surface area (Å²) in [6, 6.07) is 13.0. The highest BCUT2D eigenvalue weighted by atomic mass is 79.9. The maximum absolute atomic E-state index is 13.7. The van der Waals surface area contributed by atoms with Gasteiger partial charge < -0.3 is 14.2 Å². The number of hydrogen-bond donors (Lipinski definition) is 0. The van der Waals surface area contributed by atoms with Crippen LogP contribution in [-0.4, -0.2) is 36.7 Å². The van der Waals surface area contributed by atoms with E-state index in [0.717, 1.165) is 22.4 Å². The van der Waals surface area contributed by atoms with Crippen LogP contribution in [0.2, 0.25) is 0 Å². The molecule has 39 heavy (non-hydrogen) atoms. The normalized spacial score (nSPS) is 11.3. The van der Waals surface area contributed by atoms with E-state index in [2.05, 4.69) is 56.7 Å². The molecule has 0 N–H and O–H groups in total. The molecule has 0 atom stereocenters. The van der Waals surface area contributed by atoms with Gasteiger partial charge in [-0.2, -0.15) is 9.78 Å². The number of ether oxygens (including phenoxy) is 3. The Labute approximate surface area is 244 Å². The van der Waals surface area contributed by atoms with E-state index >= 15 is 0 Å². The molecule has 0 saturated heterocycles. The Morgan fingerprint density at radius 1 is 1.10 bits per heavy atom. The van der Waals surface area contributed by atoms with Gasteiger partial charge in [0.25, 0.3) is 5.56 Å². The van der Waals surface area contributed by atoms with E-state index < -0.39 is 0 Å². The second-order valence-corrected chi connectivity index (χ2v) is 10.6. The SMILES string of the molecule is C#CCOc1c(OC)cc(C=Nn2c(-c3cc(C(C)C)c(OC)cc3C)nc3ccccc3c2=O)c(Br)c1Br. The molecule has 0 spiro atoms. The number of benzene rings is 3. The molecule has 0 saturated carbocycles. The summed E-state index contributed by atoms with van der Waals surface area (Å²) >= 11 is 7.14. The van der Waals surface area contributed by atoms with E-state index in [9.17, 15) is 4.79 Å². The smallest absolute Gasteiger partial charge is 0.282 e. The van der Waals surface area contributed by atoms with Crippen molar-refractivity contribution in [2.45, 2.75) is 26.7 Å². The van der Waals surface area contributed by atoms with Gasteiger partial charge >= 0.3 is 0 Å². The zero-order valence-corrected chi connectivity index (χ0v) is 25.4. The Hall–Kier alpha value is -3.61. The van der Waals surface area contributed by atoms with Gasteiger partial charge in [-0.1, -0.05) is 31.9 Å². The van der Waals surface area contributed by atoms with Crippen molar-refractivity contribution in [3.05, 3.63) is 78.5 Å². The Kier molecular flexibility index (Phi) is 8.78. The molecule has 0 fully saturated rings. The number of hydrogen-bond acceptors (Lipinski definition) is 6. The first-order chi connectivity index (χ1) is 18.7. The molecular formula is C30H27Br2N3O4. The Morgan fingerprint density at radius 3 is 2.49 bits per heavy atom. The minimum Gasteiger partial charge on any atom is -0.496 e. The second kappa shape index (κ2) is 12.1. The molecular weight excluding hydrogens is 626 g/mol. The summed E-state index contributed by atoms with van der Waals surface area (Å²) in [7, 11) is 3.19. The van der Waals surface area contributed by atoms with Crippen LogP contribution in [0.3, 0.4) is 0 Å². The highest BCUT2D eigenvalue weighted by Crippen LogP contribution is 2.42. The predicted molar refractivity (Wildman–Crippen MR) is 163 cm³/mol. The highest BCUT2D eigenvalue weighted by Gasteiger charge is 2.20. The molecule has 0 aliphatic carbocycles. The fourth-order valence-electron chi connectivity index (χ4n) is 4.19. The van der Waals surface area contributed by atoms with Gasteiger partial charge in [0.05, 0.1) is 35.8 Å². The number of aromatic nitrogens is 2. The van der Waals surface area contributed by atoms with Crippen molar-refractivity contribution in [3.8, 4) is 41.0 Å². The maximum Gasteiger partial charge on any atom is 0.282 e. The van der Waals surface area contributed by atoms with Gasteiger partial charge in [-0.3, -0.25) is 4.79 Å². The van der Waals surface area contributed by atoms with Crippen LogP contribution in [0.5, 0.6) is 17.2 Å². The lowest BCUT2D eigenvalue weighted by atomic mass is 9.96. The summed E-state index contributed by atoms with van der Waals surface area (Å²) in [6.45, 7) is 6.23. The molecule has 4 rings (SSSR count). The molecule has 200 valence electrons. The number of fused-ring (bicyclic) bond motifs is 1. The molecule has 9 heteroatoms. The quantitative estimate of drug-likeness (QED) is 0.152. The van der Waals surface area contributed by atoms with E-state index in [-0.39, 0.29) is 18.1 Å². The molecule has 0 radical (unpaired) electrons. The van der Waals surface area contributed by atoms with Crippen LogP contribution in [0, 0.1) is 19.3 Å². The third kappa shape index (κ3) is 5.58. The highest BCUT2D eigenvalue weighted by molar-refractivity contribution is 9.13. The van der Waals surface area contributed by atoms with Crippen molar-refractivity contribution >= 4 is 49.0 Å². The van der Waals surface area contributed by atoms with Gasteiger partial charge in [0.2, 0.25) is 0 Å². The van der Waals surface area contributed by atoms with Crippen LogP contribution in [0.25, 0.3) is 22.3 Å². The van der Waals surface area contributed by atoms with Crippen molar-refractivity contribution < 1.29 is 14.2 Å². The Bertz CT molecular complexity index is 1690. The minimum absolute atomic E-state index is 0.0793. The summed E-state index contributed by atoms with van der Waals surface area (Å²) in [6.07, 6.45) is 6.93. The maximum atomic E-state index is 13.7. The van der Waals surface area contributed by atoms with E-state index in [4.69, 9.17) is 25.6 Å². The van der Waals surface area contributed by atoms with Crippen LogP contribution in [0.15, 0.2) is 61.3 Å². The summed E-state index contributed by atoms with van der Waals surface area (Å²) in [4.78, 5) is 18.6. The molecule has 0 unspecified atom stereocenters. The van der Waals surface area contributed by atoms with Crippen molar-refractivity contribution in [1.82, 2.24) is 9.66 Å². The van der Waals surface area contributed by atoms with Gasteiger partial charge in [0, 0.05) is 15.6 Å². The van der Waals surface area contributed by atoms with Gasteiger partial charge in [-0.15, -0.1) is 6.42 Å². The summed E-state index contributed by atoms with van der Waals surface area (Å²) < 4.78 is 19.4. The topological polar surface area (TPSA) is 74.9 Å². The Morgan fingerprint density at radius 2 is 1.82 bits per heavy atom. The van der Waals surface area contributed by atoms with Crippen molar-refractivity contribution in [3.63, 3.8) is 0 Å². The number of terminal acetylenes is 1. The molecule has 4 aromatic rings. The average molecular weight is 653 g/mol. The monoisotopic (exact) mass is 651 g/mol. The third-order valence-electron chi connectivity index (χ3n) is 6.18. The molecule has 1 heterocycles. The van der Waals surface area contributed by atoms with Gasteiger partial charge in [-0.05, 0) is 86.2 Å². The fourth-order valence-corrected chi connectivity index (χ4v) is 5.13. The number of methoxy groups -OCH3 is 2. The molecule has 0 aliphatic rings. The van der Waals surface area contributed by atoms with E-state index in [1.165, 1.54) is 11.8 Å². The van der Waals surface area contributed by atoms with E-state index in [0.29, 0.717) is 42.7 Å². The standard InChI is InChI=1S/C30H27Br2N3O4/c1-7-12-39-28-25(38-6)14-19(26(31)27(28)32)16-33-35-29(34-23-11-9-8-10-20(23)30(35)36)22-15-21(17(2)3)24(37-5)13-18(22)4/h1,8-11,13-17H,12H2,2-6H3. The molecule has 0 aliphatic heterocycles. The first-order valence-electron chi connectivity index (χ1n) is 12.1. The molecule has 1 aromatic heterocycles. The van der Waals surface area contributed by atoms with Gasteiger partial charge in [0.1, 0.15) is 12.4 Å². The lowest BCUT2D eigenvalue weighted by Gasteiger charge is -2.17. The lowest BCUT2D eigenvalue weighted by molar-refractivity contribution is 0.328. The van der Waals surface area contributed by atoms with E-state index in [1.54, 1.807) is 25.5 Å². The fraction of sp³-hybridized carbons (Fsp3) is 0.233.